The van der Waals surface area contributed by atoms with Gasteiger partial charge in [0, 0.05) is 25.5 Å². The van der Waals surface area contributed by atoms with Gasteiger partial charge in [-0.3, -0.25) is 4.99 Å². The lowest BCUT2D eigenvalue weighted by Gasteiger charge is -2.11. The van der Waals surface area contributed by atoms with E-state index in [2.05, 4.69) is 30.9 Å². The molecule has 2 heterocycles. The van der Waals surface area contributed by atoms with Gasteiger partial charge in [-0.05, 0) is 12.1 Å². The Labute approximate surface area is 184 Å². The minimum Gasteiger partial charge on any atom is -0.360 e. The fourth-order valence-corrected chi connectivity index (χ4v) is 3.83. The zero-order valence-electron chi connectivity index (χ0n) is 14.7. The standard InChI is InChI=1S/C16H17F3N6S2.HI/c1-20-14(23-8-13-25-12(9-26-13)16(17,18)19)21-6-7-22-15-24-10-4-2-3-5-11(10)27-15;/h2-5,9H,6-8H2,1H3,(H,22,24)(H2,20,21,23);1H. The molecule has 0 saturated carbocycles. The molecular formula is C16H18F3IN6S2. The molecule has 0 aliphatic heterocycles. The number of para-hydroxylation sites is 1. The topological polar surface area (TPSA) is 74.2 Å². The van der Waals surface area contributed by atoms with Gasteiger partial charge in [0.15, 0.2) is 16.8 Å². The fourth-order valence-electron chi connectivity index (χ4n) is 2.20. The monoisotopic (exact) mass is 542 g/mol. The highest BCUT2D eigenvalue weighted by molar-refractivity contribution is 14.0. The van der Waals surface area contributed by atoms with Crippen LogP contribution in [0.25, 0.3) is 10.2 Å². The molecule has 0 saturated heterocycles. The summed E-state index contributed by atoms with van der Waals surface area (Å²) < 4.78 is 38.8. The van der Waals surface area contributed by atoms with Gasteiger partial charge in [0.1, 0.15) is 5.01 Å². The molecule has 0 spiro atoms. The lowest BCUT2D eigenvalue weighted by molar-refractivity contribution is -0.140. The van der Waals surface area contributed by atoms with Crippen LogP contribution < -0.4 is 16.0 Å². The number of benzene rings is 1. The van der Waals surface area contributed by atoms with Crippen LogP contribution >= 0.6 is 46.7 Å². The predicted molar refractivity (Wildman–Crippen MR) is 119 cm³/mol. The van der Waals surface area contributed by atoms with Crippen molar-refractivity contribution in [2.24, 2.45) is 4.99 Å². The Balaban J connectivity index is 0.00000280. The number of hydrogen-bond donors (Lipinski definition) is 3. The second-order valence-electron chi connectivity index (χ2n) is 5.39. The molecule has 0 amide bonds. The number of aromatic nitrogens is 2. The maximum atomic E-state index is 12.6. The van der Waals surface area contributed by atoms with Gasteiger partial charge in [0.25, 0.3) is 0 Å². The summed E-state index contributed by atoms with van der Waals surface area (Å²) in [7, 11) is 1.60. The van der Waals surface area contributed by atoms with Crippen LogP contribution in [0.1, 0.15) is 10.7 Å². The molecule has 6 nitrogen and oxygen atoms in total. The fraction of sp³-hybridized carbons (Fsp3) is 0.312. The molecule has 0 fully saturated rings. The van der Waals surface area contributed by atoms with Gasteiger partial charge in [-0.1, -0.05) is 23.5 Å². The number of nitrogens with one attached hydrogen (secondary N) is 3. The molecule has 0 unspecified atom stereocenters. The smallest absolute Gasteiger partial charge is 0.360 e. The molecule has 152 valence electrons. The van der Waals surface area contributed by atoms with Crippen molar-refractivity contribution in [3.8, 4) is 0 Å². The largest absolute Gasteiger partial charge is 0.434 e. The first-order valence-corrected chi connectivity index (χ1v) is 9.71. The van der Waals surface area contributed by atoms with Crippen LogP contribution in [-0.2, 0) is 12.7 Å². The molecule has 0 bridgehead atoms. The maximum absolute atomic E-state index is 12.6. The van der Waals surface area contributed by atoms with E-state index < -0.39 is 11.9 Å². The van der Waals surface area contributed by atoms with Crippen molar-refractivity contribution in [1.29, 1.82) is 0 Å². The Morgan fingerprint density at radius 3 is 2.61 bits per heavy atom. The van der Waals surface area contributed by atoms with E-state index in [9.17, 15) is 13.2 Å². The van der Waals surface area contributed by atoms with Crippen LogP contribution in [0.4, 0.5) is 18.3 Å². The van der Waals surface area contributed by atoms with Gasteiger partial charge in [-0.25, -0.2) is 9.97 Å². The summed E-state index contributed by atoms with van der Waals surface area (Å²) in [5.74, 6) is 0.491. The third-order valence-corrected chi connectivity index (χ3v) is 5.30. The van der Waals surface area contributed by atoms with E-state index in [-0.39, 0.29) is 30.5 Å². The molecule has 0 atom stereocenters. The molecule has 3 N–H and O–H groups in total. The summed E-state index contributed by atoms with van der Waals surface area (Å²) in [6.07, 6.45) is -4.42. The number of alkyl halides is 3. The van der Waals surface area contributed by atoms with E-state index >= 15 is 0 Å². The first kappa shape index (κ1) is 22.6. The highest BCUT2D eigenvalue weighted by Gasteiger charge is 2.33. The highest BCUT2D eigenvalue weighted by Crippen LogP contribution is 2.30. The summed E-state index contributed by atoms with van der Waals surface area (Å²) in [6.45, 7) is 1.36. The summed E-state index contributed by atoms with van der Waals surface area (Å²) in [6, 6.07) is 7.90. The van der Waals surface area contributed by atoms with E-state index in [0.717, 1.165) is 32.1 Å². The Morgan fingerprint density at radius 1 is 1.14 bits per heavy atom. The Morgan fingerprint density at radius 2 is 1.93 bits per heavy atom. The molecule has 28 heavy (non-hydrogen) atoms. The summed E-state index contributed by atoms with van der Waals surface area (Å²) in [4.78, 5) is 12.1. The molecule has 0 aliphatic rings. The van der Waals surface area contributed by atoms with E-state index in [1.807, 2.05) is 24.3 Å². The SMILES string of the molecule is CN=C(NCCNc1nc2ccccc2s1)NCc1nc(C(F)(F)F)cs1.I. The second-order valence-corrected chi connectivity index (χ2v) is 7.36. The van der Waals surface area contributed by atoms with Crippen LogP contribution in [0.5, 0.6) is 0 Å². The molecule has 12 heteroatoms. The van der Waals surface area contributed by atoms with E-state index in [4.69, 9.17) is 0 Å². The zero-order valence-corrected chi connectivity index (χ0v) is 18.7. The molecule has 3 rings (SSSR count). The molecule has 0 radical (unpaired) electrons. The Hall–Kier alpha value is -1.67. The van der Waals surface area contributed by atoms with Crippen molar-refractivity contribution in [2.75, 3.05) is 25.5 Å². The van der Waals surface area contributed by atoms with Crippen LogP contribution in [0, 0.1) is 0 Å². The van der Waals surface area contributed by atoms with Crippen molar-refractivity contribution in [3.63, 3.8) is 0 Å². The molecule has 1 aromatic carbocycles. The quantitative estimate of drug-likeness (QED) is 0.189. The maximum Gasteiger partial charge on any atom is 0.434 e. The van der Waals surface area contributed by atoms with Crippen molar-refractivity contribution in [2.45, 2.75) is 12.7 Å². The normalized spacial score (nSPS) is 11.9. The number of hydrogen-bond acceptors (Lipinski definition) is 6. The van der Waals surface area contributed by atoms with Crippen molar-refractivity contribution < 1.29 is 13.2 Å². The molecule has 2 aromatic heterocycles. The highest BCUT2D eigenvalue weighted by atomic mass is 127. The predicted octanol–water partition coefficient (Wildman–Crippen LogP) is 4.17. The number of thiazole rings is 2. The molecule has 0 aliphatic carbocycles. The average Bonchev–Trinajstić information content (AvgIpc) is 3.27. The third kappa shape index (κ3) is 6.17. The van der Waals surface area contributed by atoms with Crippen LogP contribution in [0.15, 0.2) is 34.6 Å². The number of nitrogens with zero attached hydrogens (tertiary/aromatic N) is 3. The minimum absolute atomic E-state index is 0. The van der Waals surface area contributed by atoms with Gasteiger partial charge in [-0.2, -0.15) is 13.2 Å². The van der Waals surface area contributed by atoms with Gasteiger partial charge in [-0.15, -0.1) is 35.3 Å². The van der Waals surface area contributed by atoms with Gasteiger partial charge in [0.05, 0.1) is 16.8 Å². The number of halogens is 4. The molecule has 3 aromatic rings. The Bertz CT molecular complexity index is 891. The summed E-state index contributed by atoms with van der Waals surface area (Å²) >= 11 is 2.54. The van der Waals surface area contributed by atoms with Crippen molar-refractivity contribution in [1.82, 2.24) is 20.6 Å². The Kier molecular flexibility index (Phi) is 8.24. The number of rotatable bonds is 6. The van der Waals surface area contributed by atoms with Crippen LogP contribution in [0.3, 0.4) is 0 Å². The first-order valence-electron chi connectivity index (χ1n) is 8.01. The van der Waals surface area contributed by atoms with E-state index in [0.29, 0.717) is 24.1 Å². The molecular weight excluding hydrogens is 524 g/mol. The summed E-state index contributed by atoms with van der Waals surface area (Å²) in [5.41, 5.74) is 0.0874. The van der Waals surface area contributed by atoms with Gasteiger partial charge in [0.2, 0.25) is 0 Å². The first-order chi connectivity index (χ1) is 13.0. The number of anilines is 1. The lowest BCUT2D eigenvalue weighted by Crippen LogP contribution is -2.39. The number of aliphatic imine (C=N–C) groups is 1. The van der Waals surface area contributed by atoms with E-state index in [1.54, 1.807) is 18.4 Å². The number of guanidine groups is 1. The number of fused-ring (bicyclic) bond motifs is 1. The van der Waals surface area contributed by atoms with Gasteiger partial charge >= 0.3 is 6.18 Å². The van der Waals surface area contributed by atoms with Crippen molar-refractivity contribution in [3.05, 3.63) is 40.3 Å². The van der Waals surface area contributed by atoms with Crippen LogP contribution in [-0.4, -0.2) is 36.1 Å². The van der Waals surface area contributed by atoms with Gasteiger partial charge < -0.3 is 16.0 Å². The summed E-state index contributed by atoms with van der Waals surface area (Å²) in [5, 5.41) is 11.5. The van der Waals surface area contributed by atoms with Crippen molar-refractivity contribution >= 4 is 68.0 Å². The van der Waals surface area contributed by atoms with E-state index in [1.165, 1.54) is 0 Å². The lowest BCUT2D eigenvalue weighted by atomic mass is 10.3. The zero-order chi connectivity index (χ0) is 19.3. The second kappa shape index (κ2) is 10.2. The minimum atomic E-state index is -4.42. The third-order valence-electron chi connectivity index (χ3n) is 3.46. The average molecular weight is 542 g/mol. The van der Waals surface area contributed by atoms with Crippen LogP contribution in [0.2, 0.25) is 0 Å².